The zero-order chi connectivity index (χ0) is 27.1. The molecule has 2 N–H and O–H groups in total. The van der Waals surface area contributed by atoms with Crippen molar-refractivity contribution in [1.82, 2.24) is 14.7 Å². The van der Waals surface area contributed by atoms with Crippen molar-refractivity contribution in [2.24, 2.45) is 11.0 Å². The number of hydrazone groups is 1. The van der Waals surface area contributed by atoms with E-state index >= 15 is 0 Å². The maximum atomic E-state index is 12.9. The number of carbonyl (C=O) groups is 2. The van der Waals surface area contributed by atoms with E-state index in [2.05, 4.69) is 20.8 Å². The average Bonchev–Trinajstić information content (AvgIpc) is 2.96. The third-order valence-electron chi connectivity index (χ3n) is 6.34. The second-order valence-corrected chi connectivity index (χ2v) is 10.7. The van der Waals surface area contributed by atoms with Crippen LogP contribution >= 0.6 is 0 Å². The van der Waals surface area contributed by atoms with Gasteiger partial charge in [0.1, 0.15) is 5.75 Å². The summed E-state index contributed by atoms with van der Waals surface area (Å²) in [6, 6.07) is 16.7. The third-order valence-corrected chi connectivity index (χ3v) is 8.25. The molecule has 1 aliphatic heterocycles. The van der Waals surface area contributed by atoms with E-state index in [1.54, 1.807) is 61.7 Å². The minimum Gasteiger partial charge on any atom is -0.497 e. The Labute approximate surface area is 221 Å². The molecule has 2 heterocycles. The molecule has 0 unspecified atom stereocenters. The van der Waals surface area contributed by atoms with Crippen molar-refractivity contribution in [2.45, 2.75) is 24.7 Å². The predicted molar refractivity (Wildman–Crippen MR) is 143 cm³/mol. The van der Waals surface area contributed by atoms with Gasteiger partial charge < -0.3 is 10.1 Å². The number of ether oxygens (including phenoxy) is 1. The molecule has 1 aliphatic rings. The molecule has 198 valence electrons. The molecule has 2 aromatic carbocycles. The van der Waals surface area contributed by atoms with E-state index in [0.29, 0.717) is 35.6 Å². The molecule has 38 heavy (non-hydrogen) atoms. The number of sulfonamides is 1. The molecule has 0 spiro atoms. The highest BCUT2D eigenvalue weighted by atomic mass is 32.2. The quantitative estimate of drug-likeness (QED) is 0.336. The van der Waals surface area contributed by atoms with E-state index in [4.69, 9.17) is 4.74 Å². The first kappa shape index (κ1) is 27.0. The number of anilines is 1. The number of methoxy groups -OCH3 is 1. The Kier molecular flexibility index (Phi) is 8.49. The van der Waals surface area contributed by atoms with Gasteiger partial charge in [-0.3, -0.25) is 14.6 Å². The maximum Gasteiger partial charge on any atom is 0.257 e. The Bertz CT molecular complexity index is 1400. The molecule has 3 aromatic rings. The largest absolute Gasteiger partial charge is 0.497 e. The highest BCUT2D eigenvalue weighted by Crippen LogP contribution is 2.25. The Morgan fingerprint density at radius 2 is 1.68 bits per heavy atom. The Balaban J connectivity index is 1.29. The molecule has 10 nitrogen and oxygen atoms in total. The van der Waals surface area contributed by atoms with Crippen molar-refractivity contribution < 1.29 is 22.7 Å². The second kappa shape index (κ2) is 12.0. The third kappa shape index (κ3) is 6.42. The lowest BCUT2D eigenvalue weighted by molar-refractivity contribution is -0.126. The van der Waals surface area contributed by atoms with Gasteiger partial charge in [0.2, 0.25) is 15.9 Å². The maximum absolute atomic E-state index is 12.9. The molecule has 1 fully saturated rings. The molecule has 0 radical (unpaired) electrons. The first-order chi connectivity index (χ1) is 18.3. The number of aromatic nitrogens is 1. The fraction of sp³-hybridized carbons (Fsp3) is 0.259. The van der Waals surface area contributed by atoms with Gasteiger partial charge in [-0.2, -0.15) is 9.41 Å². The zero-order valence-electron chi connectivity index (χ0n) is 21.1. The molecule has 4 rings (SSSR count). The average molecular weight is 536 g/mol. The van der Waals surface area contributed by atoms with Crippen molar-refractivity contribution in [3.8, 4) is 5.75 Å². The van der Waals surface area contributed by atoms with Crippen LogP contribution in [0.2, 0.25) is 0 Å². The van der Waals surface area contributed by atoms with E-state index in [9.17, 15) is 18.0 Å². The normalized spacial score (nSPS) is 15.1. The minimum atomic E-state index is -3.64. The van der Waals surface area contributed by atoms with Crippen molar-refractivity contribution in [1.29, 1.82) is 0 Å². The summed E-state index contributed by atoms with van der Waals surface area (Å²) in [4.78, 5) is 29.1. The first-order valence-electron chi connectivity index (χ1n) is 12.1. The number of carbonyl (C=O) groups excluding carboxylic acids is 2. The fourth-order valence-electron chi connectivity index (χ4n) is 4.04. The molecular formula is C27H29N5O5S. The summed E-state index contributed by atoms with van der Waals surface area (Å²) in [7, 11) is -2.11. The molecule has 0 aliphatic carbocycles. The zero-order valence-corrected chi connectivity index (χ0v) is 21.9. The highest BCUT2D eigenvalue weighted by molar-refractivity contribution is 7.89. The van der Waals surface area contributed by atoms with Gasteiger partial charge in [0.25, 0.3) is 5.91 Å². The van der Waals surface area contributed by atoms with E-state index in [1.165, 1.54) is 29.7 Å². The van der Waals surface area contributed by atoms with E-state index in [0.717, 1.165) is 5.56 Å². The number of hydrogen-bond donors (Lipinski definition) is 2. The number of pyridine rings is 1. The van der Waals surface area contributed by atoms with Crippen LogP contribution in [0.4, 0.5) is 5.69 Å². The topological polar surface area (TPSA) is 130 Å². The van der Waals surface area contributed by atoms with Gasteiger partial charge in [-0.1, -0.05) is 12.1 Å². The molecule has 0 bridgehead atoms. The summed E-state index contributed by atoms with van der Waals surface area (Å²) < 4.78 is 32.3. The standard InChI is InChI=1S/C27H29N5O5S/c1-19(20-5-7-23(8-6-20)29-26(33)22-4-3-15-28-18-22)30-31-27(34)21-13-16-32(17-14-21)38(35,36)25-11-9-24(37-2)10-12-25/h3-12,15,18,21H,13-14,16-17H2,1-2H3,(H,29,33)(H,31,34). The lowest BCUT2D eigenvalue weighted by atomic mass is 9.98. The van der Waals surface area contributed by atoms with Crippen molar-refractivity contribution >= 4 is 33.2 Å². The van der Waals surface area contributed by atoms with Crippen LogP contribution in [-0.4, -0.2) is 55.4 Å². The Hall–Kier alpha value is -4.09. The SMILES string of the molecule is COc1ccc(S(=O)(=O)N2CCC(C(=O)NN=C(C)c3ccc(NC(=O)c4cccnc4)cc3)CC2)cc1. The summed E-state index contributed by atoms with van der Waals surface area (Å²) >= 11 is 0. The van der Waals surface area contributed by atoms with E-state index in [-0.39, 0.29) is 35.7 Å². The summed E-state index contributed by atoms with van der Waals surface area (Å²) in [5, 5.41) is 7.02. The number of piperidine rings is 1. The second-order valence-electron chi connectivity index (χ2n) is 8.80. The van der Waals surface area contributed by atoms with E-state index in [1.807, 2.05) is 0 Å². The summed E-state index contributed by atoms with van der Waals surface area (Å²) in [6.45, 7) is 2.27. The van der Waals surface area contributed by atoms with Crippen molar-refractivity contribution in [3.05, 3.63) is 84.2 Å². The Morgan fingerprint density at radius 1 is 1.00 bits per heavy atom. The van der Waals surface area contributed by atoms with Crippen LogP contribution in [0, 0.1) is 5.92 Å². The van der Waals surface area contributed by atoms with Gasteiger partial charge >= 0.3 is 0 Å². The molecule has 0 saturated carbocycles. The summed E-state index contributed by atoms with van der Waals surface area (Å²) in [5.41, 5.74) is 5.07. The lowest BCUT2D eigenvalue weighted by Crippen LogP contribution is -2.42. The monoisotopic (exact) mass is 535 g/mol. The first-order valence-corrected chi connectivity index (χ1v) is 13.5. The van der Waals surface area contributed by atoms with Gasteiger partial charge in [-0.05, 0) is 73.9 Å². The number of amides is 2. The van der Waals surface area contributed by atoms with Crippen LogP contribution in [0.15, 0.2) is 83.1 Å². The molecule has 2 amide bonds. The summed E-state index contributed by atoms with van der Waals surface area (Å²) in [5.74, 6) is -0.254. The summed E-state index contributed by atoms with van der Waals surface area (Å²) in [6.07, 6.45) is 3.90. The molecule has 0 atom stereocenters. The van der Waals surface area contributed by atoms with E-state index < -0.39 is 10.0 Å². The number of nitrogens with zero attached hydrogens (tertiary/aromatic N) is 3. The highest BCUT2D eigenvalue weighted by Gasteiger charge is 2.32. The van der Waals surface area contributed by atoms with Crippen LogP contribution in [0.1, 0.15) is 35.7 Å². The van der Waals surface area contributed by atoms with Gasteiger partial charge in [-0.15, -0.1) is 0 Å². The van der Waals surface area contributed by atoms with Crippen LogP contribution in [0.3, 0.4) is 0 Å². The van der Waals surface area contributed by atoms with Crippen LogP contribution in [0.25, 0.3) is 0 Å². The molecule has 1 saturated heterocycles. The van der Waals surface area contributed by atoms with Gasteiger partial charge in [0.05, 0.1) is 23.3 Å². The van der Waals surface area contributed by atoms with Crippen molar-refractivity contribution in [3.63, 3.8) is 0 Å². The number of hydrogen-bond acceptors (Lipinski definition) is 7. The van der Waals surface area contributed by atoms with Gasteiger partial charge in [0.15, 0.2) is 0 Å². The molecule has 11 heteroatoms. The van der Waals surface area contributed by atoms with Crippen LogP contribution < -0.4 is 15.5 Å². The number of rotatable bonds is 8. The van der Waals surface area contributed by atoms with Crippen LogP contribution in [0.5, 0.6) is 5.75 Å². The van der Waals surface area contributed by atoms with Crippen LogP contribution in [-0.2, 0) is 14.8 Å². The smallest absolute Gasteiger partial charge is 0.257 e. The molecular weight excluding hydrogens is 506 g/mol. The predicted octanol–water partition coefficient (Wildman–Crippen LogP) is 3.28. The fourth-order valence-corrected chi connectivity index (χ4v) is 5.51. The van der Waals surface area contributed by atoms with Gasteiger partial charge in [-0.25, -0.2) is 13.8 Å². The lowest BCUT2D eigenvalue weighted by Gasteiger charge is -2.30. The number of benzene rings is 2. The van der Waals surface area contributed by atoms with Crippen molar-refractivity contribution in [2.75, 3.05) is 25.5 Å². The Morgan fingerprint density at radius 3 is 2.29 bits per heavy atom. The van der Waals surface area contributed by atoms with Gasteiger partial charge in [0, 0.05) is 37.1 Å². The number of nitrogens with one attached hydrogen (secondary N) is 2. The minimum absolute atomic E-state index is 0.198. The molecule has 1 aromatic heterocycles.